The van der Waals surface area contributed by atoms with Gasteiger partial charge in [0, 0.05) is 18.0 Å². The van der Waals surface area contributed by atoms with E-state index in [0.717, 1.165) is 40.3 Å². The molecule has 1 aliphatic carbocycles. The summed E-state index contributed by atoms with van der Waals surface area (Å²) >= 11 is 0. The Morgan fingerprint density at radius 1 is 1.12 bits per heavy atom. The number of aryl methyl sites for hydroxylation is 1. The third-order valence-corrected chi connectivity index (χ3v) is 5.22. The summed E-state index contributed by atoms with van der Waals surface area (Å²) in [5.74, 6) is 0.440. The van der Waals surface area contributed by atoms with Gasteiger partial charge in [0.2, 0.25) is 0 Å². The molecule has 25 heavy (non-hydrogen) atoms. The van der Waals surface area contributed by atoms with Crippen LogP contribution in [0, 0.1) is 18.7 Å². The number of pyridine rings is 1. The Balaban J connectivity index is 1.66. The largest absolute Gasteiger partial charge is 0.292 e. The number of hydrogen-bond donors (Lipinski definition) is 0. The zero-order valence-corrected chi connectivity index (χ0v) is 14.3. The SMILES string of the molecule is Cc1ccc(F)cc1-c1ccc2cc(C(=O)CC3CCC3)ncc2c1. The molecule has 1 saturated carbocycles. The van der Waals surface area contributed by atoms with Crippen LogP contribution in [-0.4, -0.2) is 10.8 Å². The molecular formula is C22H20FNO. The van der Waals surface area contributed by atoms with Crippen molar-refractivity contribution in [2.45, 2.75) is 32.6 Å². The van der Waals surface area contributed by atoms with Crippen LogP contribution in [0.4, 0.5) is 4.39 Å². The summed E-state index contributed by atoms with van der Waals surface area (Å²) in [6.45, 7) is 1.97. The quantitative estimate of drug-likeness (QED) is 0.571. The molecule has 0 unspecified atom stereocenters. The molecule has 3 aromatic rings. The van der Waals surface area contributed by atoms with Crippen molar-refractivity contribution < 1.29 is 9.18 Å². The molecule has 1 heterocycles. The van der Waals surface area contributed by atoms with Gasteiger partial charge in [-0.15, -0.1) is 0 Å². The highest BCUT2D eigenvalue weighted by Crippen LogP contribution is 2.31. The fraction of sp³-hybridized carbons (Fsp3) is 0.273. The van der Waals surface area contributed by atoms with Crippen LogP contribution in [0.5, 0.6) is 0 Å². The summed E-state index contributed by atoms with van der Waals surface area (Å²) in [5, 5.41) is 1.95. The fourth-order valence-electron chi connectivity index (χ4n) is 3.43. The number of fused-ring (bicyclic) bond motifs is 1. The summed E-state index contributed by atoms with van der Waals surface area (Å²) in [4.78, 5) is 16.7. The monoisotopic (exact) mass is 333 g/mol. The van der Waals surface area contributed by atoms with Crippen LogP contribution >= 0.6 is 0 Å². The molecule has 0 bridgehead atoms. The van der Waals surface area contributed by atoms with Crippen molar-refractivity contribution in [3.63, 3.8) is 0 Å². The highest BCUT2D eigenvalue weighted by atomic mass is 19.1. The van der Waals surface area contributed by atoms with E-state index in [1.54, 1.807) is 18.3 Å². The van der Waals surface area contributed by atoms with E-state index in [9.17, 15) is 9.18 Å². The van der Waals surface area contributed by atoms with Gasteiger partial charge in [0.1, 0.15) is 11.5 Å². The molecule has 0 saturated heterocycles. The number of benzene rings is 2. The van der Waals surface area contributed by atoms with Crippen molar-refractivity contribution in [3.8, 4) is 11.1 Å². The van der Waals surface area contributed by atoms with Gasteiger partial charge in [-0.3, -0.25) is 9.78 Å². The topological polar surface area (TPSA) is 30.0 Å². The minimum atomic E-state index is -0.240. The van der Waals surface area contributed by atoms with Crippen molar-refractivity contribution in [2.24, 2.45) is 5.92 Å². The summed E-state index contributed by atoms with van der Waals surface area (Å²) in [6, 6.07) is 12.7. The molecule has 0 N–H and O–H groups in total. The van der Waals surface area contributed by atoms with Crippen LogP contribution in [0.25, 0.3) is 21.9 Å². The van der Waals surface area contributed by atoms with Crippen LogP contribution < -0.4 is 0 Å². The number of Topliss-reactive ketones (excluding diaryl/α,β-unsaturated/α-hetero) is 1. The molecule has 1 aromatic heterocycles. The van der Waals surface area contributed by atoms with Crippen LogP contribution in [0.15, 0.2) is 48.7 Å². The number of carbonyl (C=O) groups is 1. The lowest BCUT2D eigenvalue weighted by molar-refractivity contribution is 0.0932. The van der Waals surface area contributed by atoms with Gasteiger partial charge in [0.05, 0.1) is 0 Å². The van der Waals surface area contributed by atoms with Crippen LogP contribution in [0.2, 0.25) is 0 Å². The van der Waals surface area contributed by atoms with Crippen molar-refractivity contribution in [2.75, 3.05) is 0 Å². The zero-order valence-electron chi connectivity index (χ0n) is 14.3. The van der Waals surface area contributed by atoms with Gasteiger partial charge in [-0.25, -0.2) is 4.39 Å². The first kappa shape index (κ1) is 15.9. The lowest BCUT2D eigenvalue weighted by Gasteiger charge is -2.24. The predicted molar refractivity (Wildman–Crippen MR) is 98.2 cm³/mol. The summed E-state index contributed by atoms with van der Waals surface area (Å²) in [7, 11) is 0. The maximum absolute atomic E-state index is 13.6. The van der Waals surface area contributed by atoms with E-state index in [1.807, 2.05) is 31.2 Å². The Kier molecular flexibility index (Phi) is 4.08. The van der Waals surface area contributed by atoms with Gasteiger partial charge in [0.15, 0.2) is 5.78 Å². The maximum Gasteiger partial charge on any atom is 0.181 e. The van der Waals surface area contributed by atoms with Crippen molar-refractivity contribution in [1.29, 1.82) is 0 Å². The second-order valence-corrected chi connectivity index (χ2v) is 7.01. The third kappa shape index (κ3) is 3.19. The molecule has 126 valence electrons. The smallest absolute Gasteiger partial charge is 0.181 e. The van der Waals surface area contributed by atoms with Gasteiger partial charge in [-0.1, -0.05) is 37.5 Å². The van der Waals surface area contributed by atoms with Crippen molar-refractivity contribution >= 4 is 16.6 Å². The molecule has 0 atom stereocenters. The molecule has 0 aliphatic heterocycles. The molecule has 0 radical (unpaired) electrons. The van der Waals surface area contributed by atoms with Gasteiger partial charge < -0.3 is 0 Å². The number of halogens is 1. The summed E-state index contributed by atoms with van der Waals surface area (Å²) < 4.78 is 13.6. The van der Waals surface area contributed by atoms with Gasteiger partial charge in [0.25, 0.3) is 0 Å². The Morgan fingerprint density at radius 2 is 1.96 bits per heavy atom. The number of ketones is 1. The fourth-order valence-corrected chi connectivity index (χ4v) is 3.43. The zero-order chi connectivity index (χ0) is 17.4. The van der Waals surface area contributed by atoms with E-state index < -0.39 is 0 Å². The predicted octanol–water partition coefficient (Wildman–Crippen LogP) is 5.72. The van der Waals surface area contributed by atoms with E-state index in [0.29, 0.717) is 18.0 Å². The molecule has 1 aliphatic rings. The van der Waals surface area contributed by atoms with Crippen LogP contribution in [-0.2, 0) is 0 Å². The normalized spacial score (nSPS) is 14.5. The highest BCUT2D eigenvalue weighted by molar-refractivity contribution is 5.98. The molecule has 4 rings (SSSR count). The molecule has 2 aromatic carbocycles. The minimum Gasteiger partial charge on any atom is -0.292 e. The van der Waals surface area contributed by atoms with E-state index in [-0.39, 0.29) is 11.6 Å². The lowest BCUT2D eigenvalue weighted by Crippen LogP contribution is -2.16. The number of aromatic nitrogens is 1. The molecule has 1 fully saturated rings. The first-order valence-electron chi connectivity index (χ1n) is 8.80. The Bertz CT molecular complexity index is 959. The Labute approximate surface area is 146 Å². The molecule has 0 amide bonds. The number of nitrogens with zero attached hydrogens (tertiary/aromatic N) is 1. The Morgan fingerprint density at radius 3 is 2.72 bits per heavy atom. The average molecular weight is 333 g/mol. The summed E-state index contributed by atoms with van der Waals surface area (Å²) in [6.07, 6.45) is 5.93. The number of hydrogen-bond acceptors (Lipinski definition) is 2. The minimum absolute atomic E-state index is 0.136. The molecular weight excluding hydrogens is 313 g/mol. The molecule has 2 nitrogen and oxygen atoms in total. The molecule has 3 heteroatoms. The first-order valence-corrected chi connectivity index (χ1v) is 8.80. The third-order valence-electron chi connectivity index (χ3n) is 5.22. The van der Waals surface area contributed by atoms with Crippen molar-refractivity contribution in [1.82, 2.24) is 4.98 Å². The van der Waals surface area contributed by atoms with E-state index >= 15 is 0 Å². The number of rotatable bonds is 4. The first-order chi connectivity index (χ1) is 12.1. The van der Waals surface area contributed by atoms with Gasteiger partial charge in [-0.05, 0) is 59.2 Å². The van der Waals surface area contributed by atoms with Crippen LogP contribution in [0.3, 0.4) is 0 Å². The number of carbonyl (C=O) groups excluding carboxylic acids is 1. The van der Waals surface area contributed by atoms with E-state index in [1.165, 1.54) is 12.5 Å². The standard InChI is InChI=1S/C22H20FNO/c1-14-5-8-19(23)12-20(14)17-7-6-16-11-21(24-13-18(16)10-17)22(25)9-15-3-2-4-15/h5-8,10-13,15H,2-4,9H2,1H3. The van der Waals surface area contributed by atoms with Crippen LogP contribution in [0.1, 0.15) is 41.7 Å². The summed E-state index contributed by atoms with van der Waals surface area (Å²) in [5.41, 5.74) is 3.42. The second-order valence-electron chi connectivity index (χ2n) is 7.01. The highest BCUT2D eigenvalue weighted by Gasteiger charge is 2.22. The van der Waals surface area contributed by atoms with E-state index in [4.69, 9.17) is 0 Å². The molecule has 0 spiro atoms. The van der Waals surface area contributed by atoms with Crippen molar-refractivity contribution in [3.05, 3.63) is 65.7 Å². The van der Waals surface area contributed by atoms with Gasteiger partial charge >= 0.3 is 0 Å². The average Bonchev–Trinajstić information content (AvgIpc) is 2.59. The van der Waals surface area contributed by atoms with E-state index in [2.05, 4.69) is 4.98 Å². The second kappa shape index (κ2) is 6.40. The lowest BCUT2D eigenvalue weighted by atomic mass is 9.81. The van der Waals surface area contributed by atoms with Gasteiger partial charge in [-0.2, -0.15) is 0 Å². The Hall–Kier alpha value is -2.55. The maximum atomic E-state index is 13.6.